The highest BCUT2D eigenvalue weighted by Crippen LogP contribution is 2.42. The maximum absolute atomic E-state index is 12.9. The molecule has 5 rings (SSSR count). The third-order valence-corrected chi connectivity index (χ3v) is 7.00. The molecule has 28 heavy (non-hydrogen) atoms. The molecule has 7 heteroatoms. The number of nitrogens with zero attached hydrogens (tertiary/aromatic N) is 2. The fourth-order valence-corrected chi connectivity index (χ4v) is 5.40. The molecule has 1 N–H and O–H groups in total. The van der Waals surface area contributed by atoms with Gasteiger partial charge in [-0.15, -0.1) is 11.3 Å². The van der Waals surface area contributed by atoms with Crippen LogP contribution < -0.4 is 4.90 Å². The fourth-order valence-electron chi connectivity index (χ4n) is 4.47. The lowest BCUT2D eigenvalue weighted by molar-refractivity contribution is -0.943. The molecule has 0 bridgehead atoms. The number of carbonyl (C=O) groups is 3. The van der Waals surface area contributed by atoms with Crippen LogP contribution in [0, 0.1) is 5.92 Å². The number of rotatable bonds is 5. The number of carbonyl (C=O) groups excluding carboxylic acids is 3. The highest BCUT2D eigenvalue weighted by atomic mass is 32.1. The van der Waals surface area contributed by atoms with E-state index < -0.39 is 17.8 Å². The number of quaternary nitrogens is 1. The zero-order valence-corrected chi connectivity index (χ0v) is 16.3. The van der Waals surface area contributed by atoms with Crippen LogP contribution in [0.25, 0.3) is 0 Å². The van der Waals surface area contributed by atoms with E-state index >= 15 is 0 Å². The molecule has 0 radical (unpaired) electrons. The number of amides is 4. The van der Waals surface area contributed by atoms with Crippen LogP contribution in [-0.4, -0.2) is 40.9 Å². The van der Waals surface area contributed by atoms with Gasteiger partial charge < -0.3 is 4.90 Å². The predicted molar refractivity (Wildman–Crippen MR) is 103 cm³/mol. The van der Waals surface area contributed by atoms with Crippen LogP contribution in [0.3, 0.4) is 0 Å². The van der Waals surface area contributed by atoms with E-state index in [1.165, 1.54) is 28.2 Å². The molecule has 144 valence electrons. The number of fused-ring (bicyclic) bond motifs is 1. The van der Waals surface area contributed by atoms with E-state index in [0.29, 0.717) is 12.0 Å². The number of benzene rings is 1. The summed E-state index contributed by atoms with van der Waals surface area (Å²) in [5.74, 6) is -0.795. The van der Waals surface area contributed by atoms with Crippen molar-refractivity contribution >= 4 is 29.2 Å². The first-order valence-corrected chi connectivity index (χ1v) is 10.6. The van der Waals surface area contributed by atoms with Gasteiger partial charge in [-0.05, 0) is 29.9 Å². The Labute approximate surface area is 167 Å². The number of urea groups is 1. The molecule has 2 atom stereocenters. The van der Waals surface area contributed by atoms with E-state index in [1.807, 2.05) is 30.3 Å². The summed E-state index contributed by atoms with van der Waals surface area (Å²) in [6.07, 6.45) is 3.36. The van der Waals surface area contributed by atoms with Crippen LogP contribution in [0.2, 0.25) is 0 Å². The second kappa shape index (κ2) is 6.83. The molecule has 3 aliphatic rings. The van der Waals surface area contributed by atoms with Crippen molar-refractivity contribution in [2.75, 3.05) is 13.2 Å². The molecule has 2 aromatic rings. The lowest BCUT2D eigenvalue weighted by atomic mass is 9.96. The summed E-state index contributed by atoms with van der Waals surface area (Å²) < 4.78 is 0. The molecule has 1 saturated carbocycles. The second-order valence-corrected chi connectivity index (χ2v) is 8.82. The molecule has 1 aliphatic carbocycles. The lowest BCUT2D eigenvalue weighted by Gasteiger charge is -2.34. The fraction of sp³-hybridized carbons (Fsp3) is 0.381. The second-order valence-electron chi connectivity index (χ2n) is 7.82. The number of thiophene rings is 1. The van der Waals surface area contributed by atoms with Crippen molar-refractivity contribution in [3.05, 3.63) is 57.8 Å². The number of nitrogens with one attached hydrogen (secondary N) is 1. The molecule has 6 nitrogen and oxygen atoms in total. The van der Waals surface area contributed by atoms with Crippen molar-refractivity contribution < 1.29 is 19.3 Å². The van der Waals surface area contributed by atoms with Gasteiger partial charge in [-0.3, -0.25) is 14.5 Å². The molecule has 2 aliphatic heterocycles. The Morgan fingerprint density at radius 1 is 1.00 bits per heavy atom. The third-order valence-electron chi connectivity index (χ3n) is 6.00. The zero-order valence-electron chi connectivity index (χ0n) is 15.5. The first-order valence-electron chi connectivity index (χ1n) is 9.75. The van der Waals surface area contributed by atoms with E-state index in [9.17, 15) is 14.4 Å². The summed E-state index contributed by atoms with van der Waals surface area (Å²) >= 11 is 1.80. The summed E-state index contributed by atoms with van der Waals surface area (Å²) in [6, 6.07) is 11.3. The van der Waals surface area contributed by atoms with Crippen molar-refractivity contribution in [2.45, 2.75) is 31.8 Å². The summed E-state index contributed by atoms with van der Waals surface area (Å²) in [4.78, 5) is 42.8. The maximum atomic E-state index is 12.9. The Kier molecular flexibility index (Phi) is 4.29. The van der Waals surface area contributed by atoms with E-state index in [0.717, 1.165) is 28.3 Å². The Bertz CT molecular complexity index is 937. The first-order chi connectivity index (χ1) is 13.6. The normalized spacial score (nSPS) is 24.8. The molecule has 1 unspecified atom stereocenters. The molecule has 0 spiro atoms. The predicted octanol–water partition coefficient (Wildman–Crippen LogP) is 1.59. The van der Waals surface area contributed by atoms with Gasteiger partial charge >= 0.3 is 17.8 Å². The van der Waals surface area contributed by atoms with Gasteiger partial charge in [0.1, 0.15) is 6.04 Å². The Morgan fingerprint density at radius 3 is 2.50 bits per heavy atom. The van der Waals surface area contributed by atoms with Crippen molar-refractivity contribution in [1.29, 1.82) is 0 Å². The number of hydrogen-bond acceptors (Lipinski definition) is 4. The highest BCUT2D eigenvalue weighted by Gasteiger charge is 2.49. The Hall–Kier alpha value is -2.51. The molecule has 1 aromatic carbocycles. The van der Waals surface area contributed by atoms with Gasteiger partial charge in [0.2, 0.25) is 0 Å². The molecule has 4 amide bonds. The number of imide groups is 2. The first kappa shape index (κ1) is 17.6. The standard InChI is InChI=1S/C21H21N3O3S/c25-19-20(26)24(21(27)23(19)12-14-4-2-1-3-5-14)13-22-10-8-17-16(9-11-28-17)18(22)15-6-7-15/h1-5,9,11,15,18H,6-8,10,12-13H2/p+1/t18-/m1/s1. The van der Waals surface area contributed by atoms with Gasteiger partial charge in [0.05, 0.1) is 13.1 Å². The summed E-state index contributed by atoms with van der Waals surface area (Å²) in [5, 5.41) is 2.14. The highest BCUT2D eigenvalue weighted by molar-refractivity contribution is 7.10. The zero-order chi connectivity index (χ0) is 19.3. The summed E-state index contributed by atoms with van der Waals surface area (Å²) in [6.45, 7) is 1.29. The van der Waals surface area contributed by atoms with Gasteiger partial charge in [0.15, 0.2) is 6.67 Å². The molecule has 1 aromatic heterocycles. The van der Waals surface area contributed by atoms with Crippen molar-refractivity contribution in [3.63, 3.8) is 0 Å². The monoisotopic (exact) mass is 396 g/mol. The minimum Gasteiger partial charge on any atom is -0.311 e. The van der Waals surface area contributed by atoms with Gasteiger partial charge in [-0.25, -0.2) is 9.69 Å². The van der Waals surface area contributed by atoms with Crippen molar-refractivity contribution in [2.24, 2.45) is 5.92 Å². The van der Waals surface area contributed by atoms with Gasteiger partial charge in [0.25, 0.3) is 0 Å². The minimum atomic E-state index is -0.718. The molecular formula is C21H22N3O3S+. The molecule has 1 saturated heterocycles. The van der Waals surface area contributed by atoms with E-state index in [2.05, 4.69) is 11.4 Å². The Morgan fingerprint density at radius 2 is 1.75 bits per heavy atom. The SMILES string of the molecule is O=C1C(=O)N(C[NH+]2CCc3sccc3[C@H]2C2CC2)C(=O)N1Cc1ccccc1. The average molecular weight is 396 g/mol. The minimum absolute atomic E-state index is 0.136. The van der Waals surface area contributed by atoms with Crippen LogP contribution in [0.15, 0.2) is 41.8 Å². The largest absolute Gasteiger partial charge is 0.339 e. The van der Waals surface area contributed by atoms with Crippen LogP contribution in [0.4, 0.5) is 4.79 Å². The smallest absolute Gasteiger partial charge is 0.311 e. The van der Waals surface area contributed by atoms with E-state index in [4.69, 9.17) is 0 Å². The Balaban J connectivity index is 1.36. The van der Waals surface area contributed by atoms with Crippen molar-refractivity contribution in [1.82, 2.24) is 9.80 Å². The van der Waals surface area contributed by atoms with Crippen LogP contribution >= 0.6 is 11.3 Å². The number of hydrogen-bond donors (Lipinski definition) is 1. The van der Waals surface area contributed by atoms with Gasteiger partial charge in [-0.2, -0.15) is 0 Å². The van der Waals surface area contributed by atoms with Crippen LogP contribution in [0.5, 0.6) is 0 Å². The van der Waals surface area contributed by atoms with Gasteiger partial charge in [0, 0.05) is 22.8 Å². The van der Waals surface area contributed by atoms with E-state index in [-0.39, 0.29) is 13.2 Å². The lowest BCUT2D eigenvalue weighted by Crippen LogP contribution is -3.15. The van der Waals surface area contributed by atoms with Crippen LogP contribution in [0.1, 0.15) is 34.9 Å². The third kappa shape index (κ3) is 2.95. The molecule has 3 heterocycles. The molecule has 2 fully saturated rings. The maximum Gasteiger partial charge on any atom is 0.339 e. The van der Waals surface area contributed by atoms with Gasteiger partial charge in [-0.1, -0.05) is 30.3 Å². The molecular weight excluding hydrogens is 374 g/mol. The quantitative estimate of drug-likeness (QED) is 0.617. The van der Waals surface area contributed by atoms with Crippen LogP contribution in [-0.2, 0) is 22.6 Å². The average Bonchev–Trinajstić information content (AvgIpc) is 3.40. The van der Waals surface area contributed by atoms with E-state index in [1.54, 1.807) is 11.3 Å². The van der Waals surface area contributed by atoms with Crippen molar-refractivity contribution in [3.8, 4) is 0 Å². The summed E-state index contributed by atoms with van der Waals surface area (Å²) in [5.41, 5.74) is 2.21. The topological polar surface area (TPSA) is 62.1 Å². The summed E-state index contributed by atoms with van der Waals surface area (Å²) in [7, 11) is 0.